The first-order chi connectivity index (χ1) is 31.9. The molecule has 0 heterocycles. The van der Waals surface area contributed by atoms with Gasteiger partial charge in [0.25, 0.3) is 0 Å². The van der Waals surface area contributed by atoms with Crippen molar-refractivity contribution in [2.45, 2.75) is 209 Å². The van der Waals surface area contributed by atoms with Gasteiger partial charge in [0, 0.05) is 0 Å². The van der Waals surface area contributed by atoms with Gasteiger partial charge in [-0.25, -0.2) is 0 Å². The lowest BCUT2D eigenvalue weighted by atomic mass is 9.60. The Morgan fingerprint density at radius 3 is 0.486 bits per heavy atom. The third-order valence-corrected chi connectivity index (χ3v) is 14.7. The highest BCUT2D eigenvalue weighted by Gasteiger charge is 2.44. The van der Waals surface area contributed by atoms with Crippen LogP contribution in [0, 0.1) is 0 Å². The Hall–Kier alpha value is -4.29. The number of rotatable bonds is 4. The molecule has 6 aromatic carbocycles. The SMILES string of the molecule is CC(C)(C)c1cccc(C(C)(C)C)c1-c1c2c(c(-c3c(C(C)(C)C)cccc3C(C)(C)C)c(-c3c(C(C)(C)C)cccc3C(C)(C)C)c1-c1c(C(C)(C)C)cccc1C(C)(C)C)-c1ccccc1-2.OP. The van der Waals surface area contributed by atoms with Crippen molar-refractivity contribution in [3.8, 4) is 66.8 Å². The zero-order valence-electron chi connectivity index (χ0n) is 48.3. The molecule has 1 N–H and O–H groups in total. The number of fused-ring (bicyclic) bond motifs is 4. The van der Waals surface area contributed by atoms with E-state index in [1.165, 1.54) is 121 Å². The maximum Gasteiger partial charge on any atom is -0.000719 e. The molecule has 0 fully saturated rings. The Balaban J connectivity index is 0.00000397. The first kappa shape index (κ1) is 55.0. The summed E-state index contributed by atoms with van der Waals surface area (Å²) in [6.07, 6.45) is 0. The van der Waals surface area contributed by atoms with Crippen LogP contribution < -0.4 is 0 Å². The third kappa shape index (κ3) is 9.95. The van der Waals surface area contributed by atoms with E-state index < -0.39 is 0 Å². The van der Waals surface area contributed by atoms with Gasteiger partial charge in [-0.3, -0.25) is 0 Å². The fourth-order valence-corrected chi connectivity index (χ4v) is 11.4. The molecule has 0 saturated carbocycles. The van der Waals surface area contributed by atoms with Crippen LogP contribution in [-0.2, 0) is 43.3 Å². The minimum absolute atomic E-state index is 0.155. The molecule has 0 aromatic heterocycles. The smallest absolute Gasteiger partial charge is 0.000719 e. The molecular formula is C68H91OP. The van der Waals surface area contributed by atoms with Gasteiger partial charge in [-0.15, -0.1) is 0 Å². The molecule has 0 saturated heterocycles. The zero-order chi connectivity index (χ0) is 52.9. The molecule has 70 heavy (non-hydrogen) atoms. The molecule has 1 nitrogen and oxygen atoms in total. The summed E-state index contributed by atoms with van der Waals surface area (Å²) in [6, 6.07) is 38.5. The highest BCUT2D eigenvalue weighted by atomic mass is 31.0. The minimum Gasteiger partial charge on any atom is -0.380 e. The van der Waals surface area contributed by atoms with Gasteiger partial charge in [-0.2, -0.15) is 0 Å². The van der Waals surface area contributed by atoms with E-state index in [1.807, 2.05) is 0 Å². The van der Waals surface area contributed by atoms with Crippen LogP contribution in [0.4, 0.5) is 0 Å². The van der Waals surface area contributed by atoms with Crippen LogP contribution in [0.15, 0.2) is 97.1 Å². The zero-order valence-corrected chi connectivity index (χ0v) is 49.4. The van der Waals surface area contributed by atoms with Crippen LogP contribution in [0.25, 0.3) is 66.8 Å². The van der Waals surface area contributed by atoms with E-state index in [2.05, 4.69) is 263 Å². The van der Waals surface area contributed by atoms with Crippen molar-refractivity contribution in [3.63, 3.8) is 0 Å². The highest BCUT2D eigenvalue weighted by molar-refractivity contribution is 7.08. The summed E-state index contributed by atoms with van der Waals surface area (Å²) in [5, 5.41) is 0. The van der Waals surface area contributed by atoms with Crippen LogP contribution in [0.1, 0.15) is 211 Å². The van der Waals surface area contributed by atoms with Crippen molar-refractivity contribution < 1.29 is 4.89 Å². The maximum absolute atomic E-state index is 6.92. The van der Waals surface area contributed by atoms with Gasteiger partial charge in [0.2, 0.25) is 0 Å². The lowest BCUT2D eigenvalue weighted by Gasteiger charge is -2.43. The third-order valence-electron chi connectivity index (χ3n) is 14.7. The van der Waals surface area contributed by atoms with Gasteiger partial charge in [0.1, 0.15) is 0 Å². The highest BCUT2D eigenvalue weighted by Crippen LogP contribution is 2.67. The molecule has 1 aliphatic carbocycles. The normalized spacial score (nSPS) is 13.6. The Morgan fingerprint density at radius 2 is 0.343 bits per heavy atom. The molecule has 0 spiro atoms. The van der Waals surface area contributed by atoms with Crippen molar-refractivity contribution in [1.82, 2.24) is 0 Å². The Morgan fingerprint density at radius 1 is 0.200 bits per heavy atom. The van der Waals surface area contributed by atoms with E-state index in [1.54, 1.807) is 0 Å². The Kier molecular flexibility index (Phi) is 14.4. The van der Waals surface area contributed by atoms with Crippen molar-refractivity contribution in [2.24, 2.45) is 0 Å². The monoisotopic (exact) mass is 955 g/mol. The molecule has 0 radical (unpaired) electrons. The maximum atomic E-state index is 6.92. The van der Waals surface area contributed by atoms with Gasteiger partial charge in [0.15, 0.2) is 0 Å². The fraction of sp³-hybridized carbons (Fsp3) is 0.471. The van der Waals surface area contributed by atoms with Crippen LogP contribution in [-0.4, -0.2) is 4.89 Å². The first-order valence-corrected chi connectivity index (χ1v) is 26.6. The molecule has 2 heteroatoms. The van der Waals surface area contributed by atoms with Crippen LogP contribution in [0.5, 0.6) is 0 Å². The van der Waals surface area contributed by atoms with Gasteiger partial charge >= 0.3 is 0 Å². The Labute approximate surface area is 430 Å². The molecule has 6 aromatic rings. The molecule has 1 atom stereocenters. The van der Waals surface area contributed by atoms with Crippen molar-refractivity contribution in [3.05, 3.63) is 142 Å². The molecule has 0 amide bonds. The summed E-state index contributed by atoms with van der Waals surface area (Å²) in [4.78, 5) is 6.92. The fourth-order valence-electron chi connectivity index (χ4n) is 11.4. The average molecular weight is 955 g/mol. The van der Waals surface area contributed by atoms with Crippen molar-refractivity contribution in [2.75, 3.05) is 0 Å². The molecule has 0 aliphatic heterocycles. The minimum atomic E-state index is -0.182. The second-order valence-corrected chi connectivity index (χ2v) is 28.7. The van der Waals surface area contributed by atoms with E-state index >= 15 is 0 Å². The number of hydrogen-bond donors (Lipinski definition) is 1. The molecule has 374 valence electrons. The predicted molar refractivity (Wildman–Crippen MR) is 314 cm³/mol. The average Bonchev–Trinajstić information content (AvgIpc) is 3.21. The lowest BCUT2D eigenvalue weighted by Crippen LogP contribution is -2.25. The second-order valence-electron chi connectivity index (χ2n) is 28.7. The topological polar surface area (TPSA) is 20.2 Å². The molecule has 0 bridgehead atoms. The summed E-state index contributed by atoms with van der Waals surface area (Å²) in [6.45, 7) is 58.4. The van der Waals surface area contributed by atoms with Gasteiger partial charge < -0.3 is 4.89 Å². The summed E-state index contributed by atoms with van der Waals surface area (Å²) in [5.74, 6) is 0. The quantitative estimate of drug-likeness (QED) is 0.174. The van der Waals surface area contributed by atoms with E-state index in [4.69, 9.17) is 4.89 Å². The van der Waals surface area contributed by atoms with Crippen molar-refractivity contribution >= 4 is 9.47 Å². The van der Waals surface area contributed by atoms with Crippen LogP contribution in [0.2, 0.25) is 0 Å². The second kappa shape index (κ2) is 18.3. The Bertz CT molecular complexity index is 2600. The van der Waals surface area contributed by atoms with Gasteiger partial charge in [-0.1, -0.05) is 263 Å². The van der Waals surface area contributed by atoms with Gasteiger partial charge in [0.05, 0.1) is 0 Å². The van der Waals surface area contributed by atoms with Crippen LogP contribution in [0.3, 0.4) is 0 Å². The number of hydrogen-bond acceptors (Lipinski definition) is 1. The molecule has 1 unspecified atom stereocenters. The van der Waals surface area contributed by atoms with E-state index in [0.717, 1.165) is 0 Å². The lowest BCUT2D eigenvalue weighted by molar-refractivity contribution is 0.568. The first-order valence-electron chi connectivity index (χ1n) is 26.1. The molecule has 7 rings (SSSR count). The van der Waals surface area contributed by atoms with Crippen molar-refractivity contribution in [1.29, 1.82) is 0 Å². The summed E-state index contributed by atoms with van der Waals surface area (Å²) in [5.41, 5.74) is 26.4. The van der Waals surface area contributed by atoms with Crippen LogP contribution >= 0.6 is 9.47 Å². The molecular weight excluding hydrogens is 864 g/mol. The van der Waals surface area contributed by atoms with Gasteiger partial charge in [-0.05, 0) is 164 Å². The standard InChI is InChI=1S/C68H88.H3OP/c1-61(2,3)43-33-27-34-44(62(4,5)6)53(43)57-51-41-31-25-26-32-42(41)52(51)58(54-45(63(7,8)9)35-28-36-46(54)64(10,11)12)60(56-49(67(19,20)21)39-30-40-50(56)68(22,23)24)59(57)55-47(65(13,14)15)37-29-38-48(55)66(16,17)18;1-2/h25-40H,1-24H3;1H,2H2. The van der Waals surface area contributed by atoms with E-state index in [9.17, 15) is 0 Å². The van der Waals surface area contributed by atoms with E-state index in [0.29, 0.717) is 0 Å². The predicted octanol–water partition coefficient (Wildman–Crippen LogP) is 20.2. The largest absolute Gasteiger partial charge is 0.380 e. The summed E-state index contributed by atoms with van der Waals surface area (Å²) in [7, 11) is 1.42. The molecule has 1 aliphatic rings. The summed E-state index contributed by atoms with van der Waals surface area (Å²) < 4.78 is 0. The van der Waals surface area contributed by atoms with E-state index in [-0.39, 0.29) is 43.3 Å². The summed E-state index contributed by atoms with van der Waals surface area (Å²) >= 11 is 0. The number of benzene rings is 6.